The lowest BCUT2D eigenvalue weighted by Crippen LogP contribution is -2.26. The maximum atomic E-state index is 5.62. The fraction of sp³-hybridized carbons (Fsp3) is 0.733. The van der Waals surface area contributed by atoms with Crippen LogP contribution in [0.15, 0.2) is 16.7 Å². The second-order valence-electron chi connectivity index (χ2n) is 5.80. The van der Waals surface area contributed by atoms with E-state index in [-0.39, 0.29) is 0 Å². The summed E-state index contributed by atoms with van der Waals surface area (Å²) >= 11 is 0. The van der Waals surface area contributed by atoms with Crippen LogP contribution < -0.4 is 5.32 Å². The highest BCUT2D eigenvalue weighted by atomic mass is 16.3. The van der Waals surface area contributed by atoms with Crippen molar-refractivity contribution in [3.63, 3.8) is 0 Å². The predicted molar refractivity (Wildman–Crippen MR) is 72.2 cm³/mol. The molecule has 1 heterocycles. The van der Waals surface area contributed by atoms with E-state index in [1.807, 2.05) is 6.26 Å². The largest absolute Gasteiger partial charge is 0.468 e. The Kier molecular flexibility index (Phi) is 3.71. The van der Waals surface area contributed by atoms with Gasteiger partial charge in [-0.2, -0.15) is 0 Å². The highest BCUT2D eigenvalue weighted by Crippen LogP contribution is 2.30. The third-order valence-electron chi connectivity index (χ3n) is 4.02. The van der Waals surface area contributed by atoms with Crippen molar-refractivity contribution < 1.29 is 4.42 Å². The van der Waals surface area contributed by atoms with Gasteiger partial charge in [-0.3, -0.25) is 4.90 Å². The van der Waals surface area contributed by atoms with E-state index < -0.39 is 0 Å². The molecule has 0 unspecified atom stereocenters. The molecule has 0 spiro atoms. The van der Waals surface area contributed by atoms with E-state index in [1.54, 1.807) is 0 Å². The summed E-state index contributed by atoms with van der Waals surface area (Å²) in [5.74, 6) is 2.10. The zero-order chi connectivity index (χ0) is 12.4. The molecule has 2 saturated carbocycles. The average Bonchev–Trinajstić information content (AvgIpc) is 3.28. The van der Waals surface area contributed by atoms with Gasteiger partial charge in [0.15, 0.2) is 0 Å². The smallest absolute Gasteiger partial charge is 0.122 e. The van der Waals surface area contributed by atoms with Crippen LogP contribution in [0.2, 0.25) is 0 Å². The van der Waals surface area contributed by atoms with Crippen LogP contribution in [0.25, 0.3) is 0 Å². The topological polar surface area (TPSA) is 28.4 Å². The summed E-state index contributed by atoms with van der Waals surface area (Å²) in [4.78, 5) is 2.54. The lowest BCUT2D eigenvalue weighted by molar-refractivity contribution is 0.265. The molecule has 2 fully saturated rings. The summed E-state index contributed by atoms with van der Waals surface area (Å²) < 4.78 is 5.62. The quantitative estimate of drug-likeness (QED) is 0.767. The van der Waals surface area contributed by atoms with Crippen molar-refractivity contribution in [3.8, 4) is 0 Å². The van der Waals surface area contributed by atoms with Crippen LogP contribution in [0.4, 0.5) is 0 Å². The van der Waals surface area contributed by atoms with Crippen molar-refractivity contribution in [2.75, 3.05) is 13.1 Å². The van der Waals surface area contributed by atoms with Crippen molar-refractivity contribution in [2.45, 2.75) is 51.7 Å². The monoisotopic (exact) mass is 248 g/mol. The number of furan rings is 1. The molecule has 2 aliphatic carbocycles. The first-order valence-electron chi connectivity index (χ1n) is 7.36. The molecule has 0 bridgehead atoms. The first-order chi connectivity index (χ1) is 8.85. The molecule has 1 aromatic heterocycles. The van der Waals surface area contributed by atoms with E-state index in [2.05, 4.69) is 23.2 Å². The molecule has 2 aliphatic rings. The summed E-state index contributed by atoms with van der Waals surface area (Å²) in [6, 6.07) is 2.89. The summed E-state index contributed by atoms with van der Waals surface area (Å²) in [6.07, 6.45) is 7.36. The SMILES string of the molecule is CCN(Cc1ccoc1CNC1CC1)CC1CC1. The molecule has 1 N–H and O–H groups in total. The van der Waals surface area contributed by atoms with Crippen LogP contribution in [0.3, 0.4) is 0 Å². The minimum atomic E-state index is 0.747. The van der Waals surface area contributed by atoms with Crippen LogP contribution in [0.1, 0.15) is 43.9 Å². The molecule has 3 rings (SSSR count). The molecule has 1 aromatic rings. The minimum absolute atomic E-state index is 0.747. The number of hydrogen-bond donors (Lipinski definition) is 1. The van der Waals surface area contributed by atoms with E-state index >= 15 is 0 Å². The first kappa shape index (κ1) is 12.2. The Labute approximate surface area is 110 Å². The number of nitrogens with zero attached hydrogens (tertiary/aromatic N) is 1. The van der Waals surface area contributed by atoms with Gasteiger partial charge in [-0.1, -0.05) is 6.92 Å². The summed E-state index contributed by atoms with van der Waals surface area (Å²) in [5, 5.41) is 3.53. The normalized spacial score (nSPS) is 19.7. The van der Waals surface area contributed by atoms with Crippen molar-refractivity contribution in [3.05, 3.63) is 23.7 Å². The number of hydrogen-bond acceptors (Lipinski definition) is 3. The molecule has 0 amide bonds. The molecule has 3 nitrogen and oxygen atoms in total. The summed E-state index contributed by atoms with van der Waals surface area (Å²) in [5.41, 5.74) is 1.37. The van der Waals surface area contributed by atoms with Crippen molar-refractivity contribution in [1.29, 1.82) is 0 Å². The van der Waals surface area contributed by atoms with Gasteiger partial charge >= 0.3 is 0 Å². The summed E-state index contributed by atoms with van der Waals surface area (Å²) in [7, 11) is 0. The number of nitrogens with one attached hydrogen (secondary N) is 1. The third-order valence-corrected chi connectivity index (χ3v) is 4.02. The highest BCUT2D eigenvalue weighted by molar-refractivity contribution is 5.17. The molecule has 3 heteroatoms. The molecule has 0 radical (unpaired) electrons. The average molecular weight is 248 g/mol. The van der Waals surface area contributed by atoms with Gasteiger partial charge < -0.3 is 9.73 Å². The fourth-order valence-electron chi connectivity index (χ4n) is 2.40. The molecule has 0 atom stereocenters. The fourth-order valence-corrected chi connectivity index (χ4v) is 2.40. The predicted octanol–water partition coefficient (Wildman–Crippen LogP) is 2.76. The van der Waals surface area contributed by atoms with Gasteiger partial charge in [-0.25, -0.2) is 0 Å². The molecule has 100 valence electrons. The van der Waals surface area contributed by atoms with Crippen LogP contribution in [0.5, 0.6) is 0 Å². The Morgan fingerprint density at radius 1 is 1.33 bits per heavy atom. The number of rotatable bonds is 8. The van der Waals surface area contributed by atoms with Gasteiger partial charge in [0.1, 0.15) is 5.76 Å². The Morgan fingerprint density at radius 3 is 2.83 bits per heavy atom. The molecule has 18 heavy (non-hydrogen) atoms. The van der Waals surface area contributed by atoms with Crippen molar-refractivity contribution in [1.82, 2.24) is 10.2 Å². The van der Waals surface area contributed by atoms with E-state index in [1.165, 1.54) is 37.8 Å². The van der Waals surface area contributed by atoms with E-state index in [0.717, 1.165) is 37.4 Å². The van der Waals surface area contributed by atoms with Gasteiger partial charge in [0.05, 0.1) is 12.8 Å². The second kappa shape index (κ2) is 5.45. The molecular formula is C15H24N2O. The van der Waals surface area contributed by atoms with Gasteiger partial charge in [0.25, 0.3) is 0 Å². The Hall–Kier alpha value is -0.800. The molecule has 0 aromatic carbocycles. The van der Waals surface area contributed by atoms with E-state index in [0.29, 0.717) is 0 Å². The second-order valence-corrected chi connectivity index (χ2v) is 5.80. The van der Waals surface area contributed by atoms with Crippen molar-refractivity contribution in [2.24, 2.45) is 5.92 Å². The lowest BCUT2D eigenvalue weighted by Gasteiger charge is -2.20. The lowest BCUT2D eigenvalue weighted by atomic mass is 10.2. The Morgan fingerprint density at radius 2 is 2.17 bits per heavy atom. The zero-order valence-corrected chi connectivity index (χ0v) is 11.3. The molecule has 0 aliphatic heterocycles. The minimum Gasteiger partial charge on any atom is -0.468 e. The van der Waals surface area contributed by atoms with Crippen LogP contribution >= 0.6 is 0 Å². The maximum absolute atomic E-state index is 5.62. The third kappa shape index (κ3) is 3.36. The standard InChI is InChI=1S/C15H24N2O/c1-2-17(10-12-3-4-12)11-13-7-8-18-15(13)9-16-14-5-6-14/h7-8,12,14,16H,2-6,9-11H2,1H3. The first-order valence-corrected chi connectivity index (χ1v) is 7.36. The summed E-state index contributed by atoms with van der Waals surface area (Å²) in [6.45, 7) is 6.60. The maximum Gasteiger partial charge on any atom is 0.122 e. The Balaban J connectivity index is 1.54. The van der Waals surface area contributed by atoms with E-state index in [9.17, 15) is 0 Å². The van der Waals surface area contributed by atoms with E-state index in [4.69, 9.17) is 4.42 Å². The van der Waals surface area contributed by atoms with Gasteiger partial charge in [0.2, 0.25) is 0 Å². The van der Waals surface area contributed by atoms with Gasteiger partial charge in [0, 0.05) is 24.7 Å². The van der Waals surface area contributed by atoms with Crippen LogP contribution in [0, 0.1) is 5.92 Å². The van der Waals surface area contributed by atoms with Gasteiger partial charge in [-0.05, 0) is 44.2 Å². The van der Waals surface area contributed by atoms with Gasteiger partial charge in [-0.15, -0.1) is 0 Å². The molecule has 0 saturated heterocycles. The zero-order valence-electron chi connectivity index (χ0n) is 11.3. The Bertz CT molecular complexity index is 380. The highest BCUT2D eigenvalue weighted by Gasteiger charge is 2.25. The van der Waals surface area contributed by atoms with Crippen LogP contribution in [-0.4, -0.2) is 24.0 Å². The van der Waals surface area contributed by atoms with Crippen molar-refractivity contribution >= 4 is 0 Å². The molecular weight excluding hydrogens is 224 g/mol. The van der Waals surface area contributed by atoms with Crippen LogP contribution in [-0.2, 0) is 13.1 Å².